The van der Waals surface area contributed by atoms with E-state index in [1.807, 2.05) is 18.2 Å². The van der Waals surface area contributed by atoms with Crippen molar-refractivity contribution in [2.75, 3.05) is 6.61 Å². The van der Waals surface area contributed by atoms with E-state index in [4.69, 9.17) is 33.7 Å². The van der Waals surface area contributed by atoms with E-state index < -0.39 is 6.36 Å². The zero-order valence-electron chi connectivity index (χ0n) is 21.0. The van der Waals surface area contributed by atoms with Crippen LogP contribution in [0.1, 0.15) is 19.4 Å². The van der Waals surface area contributed by atoms with Crippen LogP contribution in [0.4, 0.5) is 13.2 Å². The minimum absolute atomic E-state index is 0.0972. The van der Waals surface area contributed by atoms with Crippen LogP contribution in [-0.2, 0) is 4.79 Å². The predicted octanol–water partition coefficient (Wildman–Crippen LogP) is 8.69. The van der Waals surface area contributed by atoms with Gasteiger partial charge in [-0.1, -0.05) is 73.4 Å². The number of rotatable bonds is 8. The average molecular weight is 574 g/mol. The summed E-state index contributed by atoms with van der Waals surface area (Å²) in [6.07, 6.45) is -4.77. The first kappa shape index (κ1) is 28.3. The molecular formula is C30H24Cl2F3NO3. The number of hydrogen-bond donors (Lipinski definition) is 1. The lowest BCUT2D eigenvalue weighted by atomic mass is 9.97. The van der Waals surface area contributed by atoms with Gasteiger partial charge in [0.05, 0.1) is 21.3 Å². The Morgan fingerprint density at radius 1 is 0.846 bits per heavy atom. The van der Waals surface area contributed by atoms with Crippen molar-refractivity contribution < 1.29 is 27.4 Å². The van der Waals surface area contributed by atoms with Crippen LogP contribution < -0.4 is 15.2 Å². The van der Waals surface area contributed by atoms with Crippen LogP contribution in [0.15, 0.2) is 84.4 Å². The molecule has 0 fully saturated rings. The van der Waals surface area contributed by atoms with Gasteiger partial charge in [-0.15, -0.1) is 13.2 Å². The second-order valence-corrected chi connectivity index (χ2v) is 9.91. The van der Waals surface area contributed by atoms with Gasteiger partial charge in [0.15, 0.2) is 5.78 Å². The van der Waals surface area contributed by atoms with Gasteiger partial charge in [-0.2, -0.15) is 0 Å². The molecule has 39 heavy (non-hydrogen) atoms. The van der Waals surface area contributed by atoms with Gasteiger partial charge in [0.25, 0.3) is 0 Å². The fraction of sp³-hybridized carbons (Fsp3) is 0.167. The third-order valence-corrected chi connectivity index (χ3v) is 6.60. The summed E-state index contributed by atoms with van der Waals surface area (Å²) in [6.45, 7) is 3.44. The predicted molar refractivity (Wildman–Crippen MR) is 149 cm³/mol. The maximum atomic E-state index is 13.0. The average Bonchev–Trinajstić information content (AvgIpc) is 2.87. The fourth-order valence-electron chi connectivity index (χ4n) is 4.06. The summed E-state index contributed by atoms with van der Waals surface area (Å²) in [5.74, 6) is -0.312. The molecule has 4 aromatic carbocycles. The number of carbonyl (C=O) groups excluding carboxylic acids is 1. The maximum absolute atomic E-state index is 13.0. The van der Waals surface area contributed by atoms with Gasteiger partial charge in [0, 0.05) is 11.5 Å². The second kappa shape index (κ2) is 11.6. The molecule has 0 amide bonds. The van der Waals surface area contributed by atoms with Gasteiger partial charge in [-0.25, -0.2) is 0 Å². The van der Waals surface area contributed by atoms with E-state index in [9.17, 15) is 18.0 Å². The third kappa shape index (κ3) is 6.85. The summed E-state index contributed by atoms with van der Waals surface area (Å²) in [5.41, 5.74) is 8.49. The number of fused-ring (bicyclic) bond motifs is 1. The van der Waals surface area contributed by atoms with Crippen LogP contribution in [0, 0.1) is 5.92 Å². The maximum Gasteiger partial charge on any atom is 0.573 e. The molecule has 0 saturated carbocycles. The molecule has 0 saturated heterocycles. The SMILES string of the molecule is CC(C)C(=O)/C(COc1ccc2cc(-c3cccc(OC(F)(F)F)c3)ccc2c1)=C(\N)c1c(Cl)cccc1Cl. The highest BCUT2D eigenvalue weighted by Gasteiger charge is 2.31. The van der Waals surface area contributed by atoms with E-state index in [1.165, 1.54) is 18.2 Å². The lowest BCUT2D eigenvalue weighted by Crippen LogP contribution is -2.21. The molecule has 0 atom stereocenters. The Bertz CT molecular complexity index is 1540. The summed E-state index contributed by atoms with van der Waals surface area (Å²) in [7, 11) is 0. The monoisotopic (exact) mass is 573 g/mol. The van der Waals surface area contributed by atoms with E-state index in [-0.39, 0.29) is 35.3 Å². The van der Waals surface area contributed by atoms with Crippen LogP contribution in [0.2, 0.25) is 10.0 Å². The number of benzene rings is 4. The van der Waals surface area contributed by atoms with Gasteiger partial charge >= 0.3 is 6.36 Å². The summed E-state index contributed by atoms with van der Waals surface area (Å²) < 4.78 is 47.8. The Kier molecular flexibility index (Phi) is 8.42. The lowest BCUT2D eigenvalue weighted by molar-refractivity contribution is -0.274. The van der Waals surface area contributed by atoms with Gasteiger partial charge in [0.1, 0.15) is 18.1 Å². The molecule has 0 heterocycles. The van der Waals surface area contributed by atoms with Crippen LogP contribution in [0.3, 0.4) is 0 Å². The van der Waals surface area contributed by atoms with Crippen molar-refractivity contribution >= 4 is 45.5 Å². The molecule has 0 bridgehead atoms. The van der Waals surface area contributed by atoms with E-state index in [0.717, 1.165) is 16.3 Å². The van der Waals surface area contributed by atoms with Crippen molar-refractivity contribution in [1.82, 2.24) is 0 Å². The highest BCUT2D eigenvalue weighted by molar-refractivity contribution is 6.37. The van der Waals surface area contributed by atoms with Gasteiger partial charge in [0.2, 0.25) is 0 Å². The van der Waals surface area contributed by atoms with Gasteiger partial charge < -0.3 is 15.2 Å². The Morgan fingerprint density at radius 2 is 1.46 bits per heavy atom. The fourth-order valence-corrected chi connectivity index (χ4v) is 4.66. The van der Waals surface area contributed by atoms with Gasteiger partial charge in [-0.3, -0.25) is 4.79 Å². The molecule has 0 spiro atoms. The largest absolute Gasteiger partial charge is 0.573 e. The number of Topliss-reactive ketones (excluding diaryl/α,β-unsaturated/α-hetero) is 1. The summed E-state index contributed by atoms with van der Waals surface area (Å²) in [6, 6.07) is 21.6. The smallest absolute Gasteiger partial charge is 0.489 e. The van der Waals surface area contributed by atoms with Crippen molar-refractivity contribution in [3.05, 3.63) is 100 Å². The molecule has 4 nitrogen and oxygen atoms in total. The minimum atomic E-state index is -4.77. The highest BCUT2D eigenvalue weighted by Crippen LogP contribution is 2.33. The zero-order valence-corrected chi connectivity index (χ0v) is 22.5. The summed E-state index contributed by atoms with van der Waals surface area (Å²) in [5, 5.41) is 2.33. The number of ether oxygens (including phenoxy) is 2. The number of alkyl halides is 3. The molecule has 0 aromatic heterocycles. The van der Waals surface area contributed by atoms with Crippen molar-refractivity contribution in [3.63, 3.8) is 0 Å². The van der Waals surface area contributed by atoms with E-state index in [2.05, 4.69) is 4.74 Å². The highest BCUT2D eigenvalue weighted by atomic mass is 35.5. The van der Waals surface area contributed by atoms with Crippen LogP contribution >= 0.6 is 23.2 Å². The standard InChI is InChI=1S/C30H24Cl2F3NO3/c1-17(2)29(37)24(28(36)27-25(31)7-4-8-26(27)32)16-38-22-12-11-20-13-19(9-10-21(20)14-22)18-5-3-6-23(15-18)39-30(33,34)35/h3-15,17H,16,36H2,1-2H3/b28-24-. The molecule has 0 aliphatic carbocycles. The first-order chi connectivity index (χ1) is 18.4. The first-order valence-corrected chi connectivity index (χ1v) is 12.7. The number of halogens is 5. The molecule has 4 aromatic rings. The topological polar surface area (TPSA) is 61.5 Å². The molecule has 0 unspecified atom stereocenters. The number of carbonyl (C=O) groups is 1. The Labute approximate surface area is 233 Å². The molecule has 4 rings (SSSR count). The van der Waals surface area contributed by atoms with Crippen LogP contribution in [-0.4, -0.2) is 18.8 Å². The van der Waals surface area contributed by atoms with Gasteiger partial charge in [-0.05, 0) is 64.4 Å². The molecule has 9 heteroatoms. The van der Waals surface area contributed by atoms with Crippen LogP contribution in [0.5, 0.6) is 11.5 Å². The molecule has 202 valence electrons. The summed E-state index contributed by atoms with van der Waals surface area (Å²) in [4.78, 5) is 13.0. The van der Waals surface area contributed by atoms with Crippen molar-refractivity contribution in [1.29, 1.82) is 0 Å². The third-order valence-electron chi connectivity index (χ3n) is 5.97. The van der Waals surface area contributed by atoms with Crippen molar-refractivity contribution in [2.24, 2.45) is 11.7 Å². The van der Waals surface area contributed by atoms with Crippen molar-refractivity contribution in [2.45, 2.75) is 20.2 Å². The first-order valence-electron chi connectivity index (χ1n) is 11.9. The second-order valence-electron chi connectivity index (χ2n) is 9.10. The number of hydrogen-bond acceptors (Lipinski definition) is 4. The lowest BCUT2D eigenvalue weighted by Gasteiger charge is -2.17. The minimum Gasteiger partial charge on any atom is -0.489 e. The molecule has 0 aliphatic rings. The van der Waals surface area contributed by atoms with E-state index in [0.29, 0.717) is 26.9 Å². The Hall–Kier alpha value is -3.68. The molecule has 0 radical (unpaired) electrons. The van der Waals surface area contributed by atoms with Crippen molar-refractivity contribution in [3.8, 4) is 22.6 Å². The quantitative estimate of drug-likeness (QED) is 0.214. The number of ketones is 1. The van der Waals surface area contributed by atoms with Crippen LogP contribution in [0.25, 0.3) is 27.6 Å². The Morgan fingerprint density at radius 3 is 2.13 bits per heavy atom. The van der Waals surface area contributed by atoms with E-state index in [1.54, 1.807) is 56.3 Å². The van der Waals surface area contributed by atoms with E-state index >= 15 is 0 Å². The summed E-state index contributed by atoms with van der Waals surface area (Å²) >= 11 is 12.6. The Balaban J connectivity index is 1.60. The molecular weight excluding hydrogens is 550 g/mol. The zero-order chi connectivity index (χ0) is 28.3. The number of nitrogens with two attached hydrogens (primary N) is 1. The normalized spacial score (nSPS) is 12.4. The molecule has 2 N–H and O–H groups in total. The molecule has 0 aliphatic heterocycles.